The van der Waals surface area contributed by atoms with Crippen LogP contribution < -0.4 is 0 Å². The molecule has 0 N–H and O–H groups in total. The molecule has 0 bridgehead atoms. The first kappa shape index (κ1) is 11.0. The smallest absolute Gasteiger partial charge is 0.00241 e. The summed E-state index contributed by atoms with van der Waals surface area (Å²) in [5.74, 6) is 2.59. The molecule has 0 amide bonds. The van der Waals surface area contributed by atoms with Gasteiger partial charge >= 0.3 is 0 Å². The van der Waals surface area contributed by atoms with Gasteiger partial charge in [0.15, 0.2) is 0 Å². The highest BCUT2D eigenvalue weighted by Gasteiger charge is 2.46. The van der Waals surface area contributed by atoms with Crippen molar-refractivity contribution in [2.45, 2.75) is 47.0 Å². The molecule has 3 unspecified atom stereocenters. The Morgan fingerprint density at radius 1 is 1.33 bits per heavy atom. The first-order chi connectivity index (χ1) is 7.06. The number of hydrogen-bond acceptors (Lipinski definition) is 0. The van der Waals surface area contributed by atoms with Crippen molar-refractivity contribution in [3.63, 3.8) is 0 Å². The Labute approximate surface area is 94.5 Å². The van der Waals surface area contributed by atoms with Gasteiger partial charge in [0.2, 0.25) is 0 Å². The molecule has 1 saturated carbocycles. The highest BCUT2D eigenvalue weighted by Crippen LogP contribution is 2.55. The Balaban J connectivity index is 2.28. The third-order valence-electron chi connectivity index (χ3n) is 4.76. The molecule has 15 heavy (non-hydrogen) atoms. The summed E-state index contributed by atoms with van der Waals surface area (Å²) in [6.07, 6.45) is 11.4. The first-order valence-corrected chi connectivity index (χ1v) is 6.42. The fraction of sp³-hybridized carbons (Fsp3) is 0.733. The average Bonchev–Trinajstić information content (AvgIpc) is 2.50. The molecule has 0 aliphatic heterocycles. The summed E-state index contributed by atoms with van der Waals surface area (Å²) >= 11 is 0. The van der Waals surface area contributed by atoms with E-state index in [1.54, 1.807) is 0 Å². The van der Waals surface area contributed by atoms with Gasteiger partial charge in [-0.15, -0.1) is 0 Å². The molecular weight excluding hydrogens is 180 g/mol. The van der Waals surface area contributed by atoms with Gasteiger partial charge in [0.1, 0.15) is 0 Å². The van der Waals surface area contributed by atoms with Crippen LogP contribution in [0.1, 0.15) is 47.0 Å². The second-order valence-electron chi connectivity index (χ2n) is 5.93. The van der Waals surface area contributed by atoms with Crippen molar-refractivity contribution in [1.82, 2.24) is 0 Å². The van der Waals surface area contributed by atoms with Crippen LogP contribution in [-0.2, 0) is 0 Å². The zero-order chi connectivity index (χ0) is 11.1. The van der Waals surface area contributed by atoms with E-state index in [9.17, 15) is 0 Å². The summed E-state index contributed by atoms with van der Waals surface area (Å²) in [4.78, 5) is 0. The lowest BCUT2D eigenvalue weighted by molar-refractivity contribution is 0.168. The van der Waals surface area contributed by atoms with Crippen LogP contribution in [0.15, 0.2) is 23.8 Å². The molecule has 0 heteroatoms. The van der Waals surface area contributed by atoms with E-state index in [4.69, 9.17) is 0 Å². The molecular formula is C15H24. The molecule has 2 rings (SSSR count). The summed E-state index contributed by atoms with van der Waals surface area (Å²) in [6.45, 7) is 9.45. The van der Waals surface area contributed by atoms with Crippen LogP contribution in [0.25, 0.3) is 0 Å². The van der Waals surface area contributed by atoms with E-state index in [0.29, 0.717) is 5.41 Å². The normalized spacial score (nSPS) is 40.2. The maximum absolute atomic E-state index is 2.53. The molecule has 1 fully saturated rings. The number of rotatable bonds is 1. The third kappa shape index (κ3) is 1.68. The molecule has 0 aromatic carbocycles. The van der Waals surface area contributed by atoms with Crippen molar-refractivity contribution in [1.29, 1.82) is 0 Å². The van der Waals surface area contributed by atoms with Crippen LogP contribution in [0.5, 0.6) is 0 Å². The Kier molecular flexibility index (Phi) is 2.79. The van der Waals surface area contributed by atoms with Crippen LogP contribution in [0, 0.1) is 23.2 Å². The van der Waals surface area contributed by atoms with Gasteiger partial charge in [-0.25, -0.2) is 0 Å². The number of hydrogen-bond donors (Lipinski definition) is 0. The predicted molar refractivity (Wildman–Crippen MR) is 66.7 cm³/mol. The van der Waals surface area contributed by atoms with E-state index < -0.39 is 0 Å². The predicted octanol–water partition coefficient (Wildman–Crippen LogP) is 4.58. The fourth-order valence-corrected chi connectivity index (χ4v) is 3.69. The van der Waals surface area contributed by atoms with Gasteiger partial charge in [0.25, 0.3) is 0 Å². The zero-order valence-electron chi connectivity index (χ0n) is 10.6. The highest BCUT2D eigenvalue weighted by molar-refractivity contribution is 5.27. The minimum absolute atomic E-state index is 0.494. The summed E-state index contributed by atoms with van der Waals surface area (Å²) in [5, 5.41) is 0. The largest absolute Gasteiger partial charge is 0.0807 e. The van der Waals surface area contributed by atoms with Crippen molar-refractivity contribution < 1.29 is 0 Å². The van der Waals surface area contributed by atoms with E-state index in [2.05, 4.69) is 45.9 Å². The molecule has 1 spiro atoms. The molecule has 0 saturated heterocycles. The second-order valence-corrected chi connectivity index (χ2v) is 5.93. The first-order valence-electron chi connectivity index (χ1n) is 6.42. The highest BCUT2D eigenvalue weighted by atomic mass is 14.5. The van der Waals surface area contributed by atoms with Crippen LogP contribution >= 0.6 is 0 Å². The van der Waals surface area contributed by atoms with E-state index in [0.717, 1.165) is 17.8 Å². The molecule has 3 atom stereocenters. The van der Waals surface area contributed by atoms with E-state index in [1.807, 2.05) is 0 Å². The van der Waals surface area contributed by atoms with Crippen LogP contribution in [0.2, 0.25) is 0 Å². The molecule has 0 heterocycles. The topological polar surface area (TPSA) is 0 Å². The van der Waals surface area contributed by atoms with Crippen molar-refractivity contribution in [3.8, 4) is 0 Å². The Hall–Kier alpha value is -0.520. The van der Waals surface area contributed by atoms with E-state index in [-0.39, 0.29) is 0 Å². The van der Waals surface area contributed by atoms with Gasteiger partial charge in [-0.1, -0.05) is 44.6 Å². The lowest BCUT2D eigenvalue weighted by atomic mass is 9.65. The molecule has 0 nitrogen and oxygen atoms in total. The van der Waals surface area contributed by atoms with Crippen molar-refractivity contribution in [2.75, 3.05) is 0 Å². The van der Waals surface area contributed by atoms with Gasteiger partial charge in [0, 0.05) is 0 Å². The lowest BCUT2D eigenvalue weighted by Gasteiger charge is -2.40. The number of allylic oxidation sites excluding steroid dienone is 4. The van der Waals surface area contributed by atoms with Crippen LogP contribution in [0.4, 0.5) is 0 Å². The molecule has 84 valence electrons. The third-order valence-corrected chi connectivity index (χ3v) is 4.76. The van der Waals surface area contributed by atoms with Gasteiger partial charge in [-0.3, -0.25) is 0 Å². The lowest BCUT2D eigenvalue weighted by Crippen LogP contribution is -2.32. The summed E-state index contributed by atoms with van der Waals surface area (Å²) in [6, 6.07) is 0. The Morgan fingerprint density at radius 3 is 2.60 bits per heavy atom. The molecule has 2 aliphatic rings. The average molecular weight is 204 g/mol. The van der Waals surface area contributed by atoms with Gasteiger partial charge in [0.05, 0.1) is 0 Å². The standard InChI is InChI=1S/C15H24/c1-11(2)14-6-5-13(4)15(14)9-7-12(3)8-10-15/h7-9,11,13-14H,5-6,10H2,1-4H3. The van der Waals surface area contributed by atoms with Crippen molar-refractivity contribution in [2.24, 2.45) is 23.2 Å². The van der Waals surface area contributed by atoms with Crippen LogP contribution in [-0.4, -0.2) is 0 Å². The fourth-order valence-electron chi connectivity index (χ4n) is 3.69. The maximum atomic E-state index is 2.53. The Morgan fingerprint density at radius 2 is 2.07 bits per heavy atom. The van der Waals surface area contributed by atoms with E-state index >= 15 is 0 Å². The molecule has 2 aliphatic carbocycles. The SMILES string of the molecule is CC1=CCC2(C=C1)C(C)CCC2C(C)C. The van der Waals surface area contributed by atoms with Gasteiger partial charge in [-0.05, 0) is 49.4 Å². The quantitative estimate of drug-likeness (QED) is 0.586. The second kappa shape index (κ2) is 3.81. The maximum Gasteiger partial charge on any atom is -0.00241 e. The molecule has 0 aromatic rings. The van der Waals surface area contributed by atoms with Gasteiger partial charge in [-0.2, -0.15) is 0 Å². The molecule has 0 radical (unpaired) electrons. The monoisotopic (exact) mass is 204 g/mol. The van der Waals surface area contributed by atoms with Gasteiger partial charge < -0.3 is 0 Å². The minimum Gasteiger partial charge on any atom is -0.0807 e. The van der Waals surface area contributed by atoms with Crippen molar-refractivity contribution >= 4 is 0 Å². The van der Waals surface area contributed by atoms with Crippen molar-refractivity contribution in [3.05, 3.63) is 23.8 Å². The van der Waals surface area contributed by atoms with E-state index in [1.165, 1.54) is 24.8 Å². The molecule has 0 aromatic heterocycles. The minimum atomic E-state index is 0.494. The zero-order valence-corrected chi connectivity index (χ0v) is 10.6. The van der Waals surface area contributed by atoms with Crippen LogP contribution in [0.3, 0.4) is 0 Å². The summed E-state index contributed by atoms with van der Waals surface area (Å²) in [5.41, 5.74) is 1.94. The Bertz CT molecular complexity index is 295. The summed E-state index contributed by atoms with van der Waals surface area (Å²) < 4.78 is 0. The summed E-state index contributed by atoms with van der Waals surface area (Å²) in [7, 11) is 0.